The summed E-state index contributed by atoms with van der Waals surface area (Å²) in [6.07, 6.45) is 0. The number of hydrogen-bond donors (Lipinski definition) is 1. The molecule has 0 saturated carbocycles. The number of benzene rings is 1. The van der Waals surface area contributed by atoms with E-state index in [2.05, 4.69) is 15.1 Å². The molecule has 2 N–H and O–H groups in total. The Kier molecular flexibility index (Phi) is 2.90. The van der Waals surface area contributed by atoms with Crippen molar-refractivity contribution in [3.63, 3.8) is 0 Å². The number of pyridine rings is 1. The van der Waals surface area contributed by atoms with Gasteiger partial charge in [-0.1, -0.05) is 17.3 Å². The van der Waals surface area contributed by atoms with Gasteiger partial charge in [0.1, 0.15) is 17.3 Å². The highest BCUT2D eigenvalue weighted by molar-refractivity contribution is 5.62. The Morgan fingerprint density at radius 1 is 1.15 bits per heavy atom. The Morgan fingerprint density at radius 2 is 2.00 bits per heavy atom. The molecule has 5 nitrogen and oxygen atoms in total. The van der Waals surface area contributed by atoms with Crippen molar-refractivity contribution >= 4 is 5.82 Å². The summed E-state index contributed by atoms with van der Waals surface area (Å²) in [5.41, 5.74) is 7.54. The number of anilines is 1. The van der Waals surface area contributed by atoms with E-state index in [-0.39, 0.29) is 11.7 Å². The first-order valence-corrected chi connectivity index (χ1v) is 5.96. The van der Waals surface area contributed by atoms with Crippen LogP contribution in [0, 0.1) is 12.7 Å². The summed E-state index contributed by atoms with van der Waals surface area (Å²) in [7, 11) is 0. The highest BCUT2D eigenvalue weighted by atomic mass is 19.1. The van der Waals surface area contributed by atoms with Crippen LogP contribution in [0.1, 0.15) is 5.56 Å². The summed E-state index contributed by atoms with van der Waals surface area (Å²) in [5.74, 6) is 0.584. The molecular weight excluding hydrogens is 259 g/mol. The molecule has 0 amide bonds. The van der Waals surface area contributed by atoms with Crippen molar-refractivity contribution in [1.29, 1.82) is 0 Å². The molecule has 3 rings (SSSR count). The van der Waals surface area contributed by atoms with Crippen LogP contribution in [0.2, 0.25) is 0 Å². The van der Waals surface area contributed by atoms with Gasteiger partial charge in [0.15, 0.2) is 0 Å². The molecule has 3 aromatic rings. The molecule has 0 aliphatic rings. The average Bonchev–Trinajstić information content (AvgIpc) is 2.91. The lowest BCUT2D eigenvalue weighted by molar-refractivity contribution is 0.431. The molecule has 0 saturated heterocycles. The molecule has 6 heteroatoms. The predicted octanol–water partition coefficient (Wildman–Crippen LogP) is 2.83. The summed E-state index contributed by atoms with van der Waals surface area (Å²) in [6.45, 7) is 1.85. The second-order valence-corrected chi connectivity index (χ2v) is 4.33. The van der Waals surface area contributed by atoms with E-state index in [1.807, 2.05) is 6.92 Å². The zero-order valence-electron chi connectivity index (χ0n) is 10.7. The third-order valence-corrected chi connectivity index (χ3v) is 2.86. The molecule has 0 unspecified atom stereocenters. The van der Waals surface area contributed by atoms with E-state index in [0.717, 1.165) is 5.56 Å². The van der Waals surface area contributed by atoms with E-state index in [1.165, 1.54) is 12.1 Å². The van der Waals surface area contributed by atoms with Crippen molar-refractivity contribution in [2.24, 2.45) is 0 Å². The van der Waals surface area contributed by atoms with Gasteiger partial charge in [0.25, 0.3) is 5.89 Å². The van der Waals surface area contributed by atoms with Crippen LogP contribution in [0.15, 0.2) is 40.9 Å². The maximum atomic E-state index is 13.3. The largest absolute Gasteiger partial charge is 0.384 e. The molecule has 0 aliphatic carbocycles. The lowest BCUT2D eigenvalue weighted by Gasteiger charge is -1.99. The predicted molar refractivity (Wildman–Crippen MR) is 72.1 cm³/mol. The van der Waals surface area contributed by atoms with Gasteiger partial charge < -0.3 is 10.3 Å². The smallest absolute Gasteiger partial charge is 0.276 e. The molecular formula is C14H11FN4O. The zero-order chi connectivity index (χ0) is 14.1. The van der Waals surface area contributed by atoms with Crippen LogP contribution in [0.5, 0.6) is 0 Å². The number of aromatic nitrogens is 3. The molecule has 20 heavy (non-hydrogen) atoms. The monoisotopic (exact) mass is 270 g/mol. The second kappa shape index (κ2) is 4.73. The van der Waals surface area contributed by atoms with Crippen molar-refractivity contribution in [2.45, 2.75) is 6.92 Å². The van der Waals surface area contributed by atoms with Gasteiger partial charge in [-0.2, -0.15) is 4.98 Å². The molecule has 0 aliphatic heterocycles. The highest BCUT2D eigenvalue weighted by Crippen LogP contribution is 2.24. The quantitative estimate of drug-likeness (QED) is 0.774. The number of nitrogens with zero attached hydrogens (tertiary/aromatic N) is 3. The lowest BCUT2D eigenvalue weighted by atomic mass is 10.1. The molecule has 0 fully saturated rings. The number of nitrogens with two attached hydrogens (primary N) is 1. The van der Waals surface area contributed by atoms with Crippen LogP contribution in [0.25, 0.3) is 23.0 Å². The number of aryl methyl sites for hydroxylation is 1. The first-order chi connectivity index (χ1) is 9.63. The second-order valence-electron chi connectivity index (χ2n) is 4.33. The van der Waals surface area contributed by atoms with Gasteiger partial charge in [-0.15, -0.1) is 0 Å². The SMILES string of the molecule is Cc1ccc(F)cc1-c1noc(-c2cccc(N)n2)n1. The molecule has 0 bridgehead atoms. The van der Waals surface area contributed by atoms with Gasteiger partial charge in [-0.3, -0.25) is 0 Å². The molecule has 0 radical (unpaired) electrons. The first kappa shape index (κ1) is 12.3. The Labute approximate surface area is 114 Å². The number of rotatable bonds is 2. The Morgan fingerprint density at radius 3 is 2.80 bits per heavy atom. The average molecular weight is 270 g/mol. The molecule has 100 valence electrons. The summed E-state index contributed by atoms with van der Waals surface area (Å²) >= 11 is 0. The maximum Gasteiger partial charge on any atom is 0.276 e. The fraction of sp³-hybridized carbons (Fsp3) is 0.0714. The zero-order valence-corrected chi connectivity index (χ0v) is 10.7. The van der Waals surface area contributed by atoms with E-state index in [1.54, 1.807) is 24.3 Å². The molecule has 2 aromatic heterocycles. The van der Waals surface area contributed by atoms with Crippen molar-refractivity contribution < 1.29 is 8.91 Å². The van der Waals surface area contributed by atoms with Crippen molar-refractivity contribution in [2.75, 3.05) is 5.73 Å². The standard InChI is InChI=1S/C14H11FN4O/c1-8-5-6-9(15)7-10(8)13-18-14(20-19-13)11-3-2-4-12(16)17-11/h2-7H,1H3,(H2,16,17). The van der Waals surface area contributed by atoms with Crippen LogP contribution < -0.4 is 5.73 Å². The molecule has 1 aromatic carbocycles. The van der Waals surface area contributed by atoms with Gasteiger partial charge in [0, 0.05) is 5.56 Å². The van der Waals surface area contributed by atoms with Gasteiger partial charge in [0.05, 0.1) is 0 Å². The summed E-state index contributed by atoms with van der Waals surface area (Å²) in [5, 5.41) is 3.86. The van der Waals surface area contributed by atoms with Gasteiger partial charge in [-0.25, -0.2) is 9.37 Å². The van der Waals surface area contributed by atoms with E-state index in [0.29, 0.717) is 22.9 Å². The fourth-order valence-corrected chi connectivity index (χ4v) is 1.84. The summed E-state index contributed by atoms with van der Waals surface area (Å²) < 4.78 is 18.5. The minimum Gasteiger partial charge on any atom is -0.384 e. The Hall–Kier alpha value is -2.76. The minimum absolute atomic E-state index is 0.246. The lowest BCUT2D eigenvalue weighted by Crippen LogP contribution is -1.91. The number of nitrogen functional groups attached to an aromatic ring is 1. The van der Waals surface area contributed by atoms with E-state index >= 15 is 0 Å². The van der Waals surface area contributed by atoms with Crippen molar-refractivity contribution in [3.8, 4) is 23.0 Å². The minimum atomic E-state index is -0.348. The number of hydrogen-bond acceptors (Lipinski definition) is 5. The third-order valence-electron chi connectivity index (χ3n) is 2.86. The Balaban J connectivity index is 2.04. The van der Waals surface area contributed by atoms with E-state index < -0.39 is 0 Å². The van der Waals surface area contributed by atoms with E-state index in [4.69, 9.17) is 10.3 Å². The van der Waals surface area contributed by atoms with Crippen molar-refractivity contribution in [3.05, 3.63) is 47.8 Å². The van der Waals surface area contributed by atoms with Crippen molar-refractivity contribution in [1.82, 2.24) is 15.1 Å². The maximum absolute atomic E-state index is 13.3. The fourth-order valence-electron chi connectivity index (χ4n) is 1.84. The van der Waals surface area contributed by atoms with Crippen LogP contribution in [0.3, 0.4) is 0 Å². The molecule has 0 atom stereocenters. The normalized spacial score (nSPS) is 10.7. The Bertz CT molecular complexity index is 769. The van der Waals surface area contributed by atoms with Crippen LogP contribution in [-0.2, 0) is 0 Å². The molecule has 2 heterocycles. The van der Waals surface area contributed by atoms with Crippen LogP contribution in [0.4, 0.5) is 10.2 Å². The highest BCUT2D eigenvalue weighted by Gasteiger charge is 2.14. The number of halogens is 1. The van der Waals surface area contributed by atoms with E-state index in [9.17, 15) is 4.39 Å². The van der Waals surface area contributed by atoms with Gasteiger partial charge in [-0.05, 0) is 36.8 Å². The van der Waals surface area contributed by atoms with Crippen LogP contribution in [-0.4, -0.2) is 15.1 Å². The van der Waals surface area contributed by atoms with Gasteiger partial charge in [0.2, 0.25) is 5.82 Å². The third kappa shape index (κ3) is 2.23. The summed E-state index contributed by atoms with van der Waals surface area (Å²) in [4.78, 5) is 8.33. The molecule has 0 spiro atoms. The van der Waals surface area contributed by atoms with Gasteiger partial charge >= 0.3 is 0 Å². The first-order valence-electron chi connectivity index (χ1n) is 5.96. The van der Waals surface area contributed by atoms with Crippen LogP contribution >= 0.6 is 0 Å². The summed E-state index contributed by atoms with van der Waals surface area (Å²) in [6, 6.07) is 9.55. The topological polar surface area (TPSA) is 77.8 Å².